The van der Waals surface area contributed by atoms with Gasteiger partial charge in [-0.1, -0.05) is 12.8 Å². The van der Waals surface area contributed by atoms with Crippen molar-refractivity contribution >= 4 is 12.0 Å². The lowest BCUT2D eigenvalue weighted by Crippen LogP contribution is -2.57. The molecule has 126 valence electrons. The molecule has 2 fully saturated rings. The van der Waals surface area contributed by atoms with Gasteiger partial charge < -0.3 is 20.7 Å². The topological polar surface area (TPSA) is 84.7 Å². The molecule has 0 bridgehead atoms. The van der Waals surface area contributed by atoms with Crippen LogP contribution in [0.15, 0.2) is 0 Å². The summed E-state index contributed by atoms with van der Waals surface area (Å²) in [5.74, 6) is -0.00890. The average molecular weight is 311 g/mol. The molecule has 0 saturated heterocycles. The van der Waals surface area contributed by atoms with Crippen molar-refractivity contribution in [2.45, 2.75) is 83.0 Å². The van der Waals surface area contributed by atoms with Crippen molar-refractivity contribution in [1.29, 1.82) is 0 Å². The fourth-order valence-electron chi connectivity index (χ4n) is 3.19. The van der Waals surface area contributed by atoms with E-state index in [1.807, 2.05) is 25.7 Å². The highest BCUT2D eigenvalue weighted by molar-refractivity contribution is 5.79. The quantitative estimate of drug-likeness (QED) is 0.828. The van der Waals surface area contributed by atoms with E-state index in [1.165, 1.54) is 0 Å². The molecule has 2 saturated carbocycles. The number of nitrogens with zero attached hydrogens (tertiary/aromatic N) is 1. The Hall–Kier alpha value is -1.30. The Labute approximate surface area is 132 Å². The maximum Gasteiger partial charge on any atom is 0.407 e. The maximum absolute atomic E-state index is 12.2. The van der Waals surface area contributed by atoms with Crippen LogP contribution in [0.25, 0.3) is 0 Å². The van der Waals surface area contributed by atoms with Gasteiger partial charge in [0, 0.05) is 6.04 Å². The number of alkyl carbamates (subject to hydrolysis) is 1. The monoisotopic (exact) mass is 311 g/mol. The average Bonchev–Trinajstić information content (AvgIpc) is 3.23. The van der Waals surface area contributed by atoms with Gasteiger partial charge in [-0.3, -0.25) is 4.79 Å². The van der Waals surface area contributed by atoms with E-state index in [2.05, 4.69) is 5.32 Å². The number of nitrogens with one attached hydrogen (secondary N) is 1. The zero-order valence-electron chi connectivity index (χ0n) is 13.9. The zero-order valence-corrected chi connectivity index (χ0v) is 13.9. The first kappa shape index (κ1) is 17.1. The van der Waals surface area contributed by atoms with Crippen molar-refractivity contribution in [2.24, 2.45) is 5.73 Å². The van der Waals surface area contributed by atoms with Crippen LogP contribution in [0, 0.1) is 0 Å². The molecule has 2 rings (SSSR count). The highest BCUT2D eigenvalue weighted by Gasteiger charge is 2.41. The lowest BCUT2D eigenvalue weighted by molar-refractivity contribution is -0.134. The second kappa shape index (κ2) is 6.86. The molecule has 0 spiro atoms. The summed E-state index contributed by atoms with van der Waals surface area (Å²) < 4.78 is 5.35. The standard InChI is InChI=1S/C16H29N3O3/c1-16(2,3)22-15(21)18-12-6-4-5-7-13(12)19(11-8-9-11)14(20)10-17/h11-13H,4-10,17H2,1-3H3,(H,18,21)/t12-,13+/m1/s1. The molecule has 0 aromatic carbocycles. The van der Waals surface area contributed by atoms with Crippen LogP contribution in [0.1, 0.15) is 59.3 Å². The van der Waals surface area contributed by atoms with Crippen molar-refractivity contribution < 1.29 is 14.3 Å². The molecule has 2 atom stereocenters. The smallest absolute Gasteiger partial charge is 0.407 e. The van der Waals surface area contributed by atoms with Gasteiger partial charge in [-0.25, -0.2) is 4.79 Å². The van der Waals surface area contributed by atoms with Gasteiger partial charge in [-0.05, 0) is 46.5 Å². The predicted molar refractivity (Wildman–Crippen MR) is 84.3 cm³/mol. The molecule has 2 aliphatic carbocycles. The van der Waals surface area contributed by atoms with Crippen molar-refractivity contribution in [3.8, 4) is 0 Å². The highest BCUT2D eigenvalue weighted by atomic mass is 16.6. The third-order valence-electron chi connectivity index (χ3n) is 4.19. The molecule has 0 radical (unpaired) electrons. The number of nitrogens with two attached hydrogens (primary N) is 1. The number of carbonyl (C=O) groups excluding carboxylic acids is 2. The molecule has 2 aliphatic rings. The number of ether oxygens (including phenoxy) is 1. The van der Waals surface area contributed by atoms with Crippen LogP contribution in [0.3, 0.4) is 0 Å². The van der Waals surface area contributed by atoms with Crippen molar-refractivity contribution in [3.05, 3.63) is 0 Å². The summed E-state index contributed by atoms with van der Waals surface area (Å²) in [4.78, 5) is 26.2. The number of rotatable bonds is 4. The summed E-state index contributed by atoms with van der Waals surface area (Å²) >= 11 is 0. The summed E-state index contributed by atoms with van der Waals surface area (Å²) in [6.07, 6.45) is 5.63. The van der Waals surface area contributed by atoms with Gasteiger partial charge in [0.15, 0.2) is 0 Å². The van der Waals surface area contributed by atoms with Gasteiger partial charge in [0.25, 0.3) is 0 Å². The number of hydrogen-bond donors (Lipinski definition) is 2. The van der Waals surface area contributed by atoms with Crippen molar-refractivity contribution in [3.63, 3.8) is 0 Å². The van der Waals surface area contributed by atoms with E-state index in [-0.39, 0.29) is 24.5 Å². The molecule has 22 heavy (non-hydrogen) atoms. The van der Waals surface area contributed by atoms with Gasteiger partial charge >= 0.3 is 6.09 Å². The van der Waals surface area contributed by atoms with Crippen LogP contribution in [0.2, 0.25) is 0 Å². The fraction of sp³-hybridized carbons (Fsp3) is 0.875. The summed E-state index contributed by atoms with van der Waals surface area (Å²) in [6, 6.07) is 0.312. The third-order valence-corrected chi connectivity index (χ3v) is 4.19. The van der Waals surface area contributed by atoms with Crippen LogP contribution >= 0.6 is 0 Å². The number of hydrogen-bond acceptors (Lipinski definition) is 4. The largest absolute Gasteiger partial charge is 0.444 e. The molecule has 0 aromatic heterocycles. The molecule has 0 heterocycles. The molecule has 0 aromatic rings. The van der Waals surface area contributed by atoms with Crippen LogP contribution in [-0.4, -0.2) is 47.2 Å². The number of amides is 2. The number of carbonyl (C=O) groups is 2. The second-order valence-corrected chi connectivity index (χ2v) is 7.34. The van der Waals surface area contributed by atoms with Gasteiger partial charge in [-0.15, -0.1) is 0 Å². The Balaban J connectivity index is 2.03. The predicted octanol–water partition coefficient (Wildman–Crippen LogP) is 1.77. The van der Waals surface area contributed by atoms with E-state index in [9.17, 15) is 9.59 Å². The minimum Gasteiger partial charge on any atom is -0.444 e. The van der Waals surface area contributed by atoms with E-state index in [1.54, 1.807) is 0 Å². The normalized spacial score (nSPS) is 25.5. The molecular formula is C16H29N3O3. The minimum absolute atomic E-state index is 0.00890. The van der Waals surface area contributed by atoms with Gasteiger partial charge in [0.2, 0.25) is 5.91 Å². The Bertz CT molecular complexity index is 415. The summed E-state index contributed by atoms with van der Waals surface area (Å²) in [7, 11) is 0. The van der Waals surface area contributed by atoms with E-state index < -0.39 is 11.7 Å². The molecule has 0 aliphatic heterocycles. The summed E-state index contributed by atoms with van der Waals surface area (Å²) in [6.45, 7) is 5.57. The maximum atomic E-state index is 12.2. The second-order valence-electron chi connectivity index (χ2n) is 7.34. The van der Waals surface area contributed by atoms with Crippen molar-refractivity contribution in [2.75, 3.05) is 6.54 Å². The lowest BCUT2D eigenvalue weighted by atomic mass is 9.89. The summed E-state index contributed by atoms with van der Waals surface area (Å²) in [5.41, 5.74) is 5.06. The SMILES string of the molecule is CC(C)(C)OC(=O)N[C@@H]1CCCC[C@@H]1N(C(=O)CN)C1CC1. The van der Waals surface area contributed by atoms with Crippen molar-refractivity contribution in [1.82, 2.24) is 10.2 Å². The molecular weight excluding hydrogens is 282 g/mol. The van der Waals surface area contributed by atoms with Gasteiger partial charge in [0.1, 0.15) is 5.60 Å². The minimum atomic E-state index is -0.516. The zero-order chi connectivity index (χ0) is 16.3. The van der Waals surface area contributed by atoms with E-state index >= 15 is 0 Å². The van der Waals surface area contributed by atoms with Crippen LogP contribution < -0.4 is 11.1 Å². The Morgan fingerprint density at radius 1 is 1.18 bits per heavy atom. The first-order valence-electron chi connectivity index (χ1n) is 8.32. The Kier molecular flexibility index (Phi) is 5.32. The third kappa shape index (κ3) is 4.60. The molecule has 2 amide bonds. The Morgan fingerprint density at radius 3 is 2.36 bits per heavy atom. The van der Waals surface area contributed by atoms with Crippen LogP contribution in [0.5, 0.6) is 0 Å². The van der Waals surface area contributed by atoms with Gasteiger partial charge in [-0.2, -0.15) is 0 Å². The molecule has 6 heteroatoms. The fourth-order valence-corrected chi connectivity index (χ4v) is 3.19. The first-order valence-corrected chi connectivity index (χ1v) is 8.32. The van der Waals surface area contributed by atoms with Crippen LogP contribution in [0.4, 0.5) is 4.79 Å². The molecule has 0 unspecified atom stereocenters. The Morgan fingerprint density at radius 2 is 1.82 bits per heavy atom. The van der Waals surface area contributed by atoms with E-state index in [4.69, 9.17) is 10.5 Å². The lowest BCUT2D eigenvalue weighted by Gasteiger charge is -2.40. The van der Waals surface area contributed by atoms with E-state index in [0.29, 0.717) is 6.04 Å². The molecule has 3 N–H and O–H groups in total. The first-order chi connectivity index (χ1) is 10.3. The highest BCUT2D eigenvalue weighted by Crippen LogP contribution is 2.34. The molecule has 6 nitrogen and oxygen atoms in total. The van der Waals surface area contributed by atoms with Crippen LogP contribution in [-0.2, 0) is 9.53 Å². The summed E-state index contributed by atoms with van der Waals surface area (Å²) in [5, 5.41) is 2.97. The van der Waals surface area contributed by atoms with E-state index in [0.717, 1.165) is 38.5 Å². The van der Waals surface area contributed by atoms with Gasteiger partial charge in [0.05, 0.1) is 18.6 Å².